The van der Waals surface area contributed by atoms with Crippen molar-refractivity contribution >= 4 is 95.6 Å². The lowest BCUT2D eigenvalue weighted by molar-refractivity contribution is -0.434. The number of nitrogens with zero attached hydrogens (tertiary/aromatic N) is 4. The summed E-state index contributed by atoms with van der Waals surface area (Å²) in [6, 6.07) is 15.2. The standard InChI is InChI=1S/C26H25N5O16S5/c27-22-9-8-20-21(24(22)30-29-17-2-1-3-19(14-17)52(38,39)13-11-41-50-47-44-35)15-23(48-45-42-33)25(26(20)32)31-28-16-4-6-18(7-5-16)51(36,37)12-10-40-49-46-43-34/h1-9,14-15,32-35H,10-13,27H2/b30-29+,31-28+. The first-order chi connectivity index (χ1) is 25.0. The van der Waals surface area contributed by atoms with Gasteiger partial charge in [-0.15, -0.1) is 23.2 Å². The Labute approximate surface area is 306 Å². The van der Waals surface area contributed by atoms with E-state index in [4.69, 9.17) is 29.9 Å². The Bertz CT molecular complexity index is 2090. The Morgan fingerprint density at radius 3 is 1.87 bits per heavy atom. The van der Waals surface area contributed by atoms with Crippen LogP contribution in [0.1, 0.15) is 0 Å². The van der Waals surface area contributed by atoms with Gasteiger partial charge < -0.3 is 10.8 Å². The van der Waals surface area contributed by atoms with Gasteiger partial charge >= 0.3 is 0 Å². The molecule has 280 valence electrons. The lowest BCUT2D eigenvalue weighted by Gasteiger charge is -2.11. The molecule has 26 heteroatoms. The van der Waals surface area contributed by atoms with Crippen molar-refractivity contribution < 1.29 is 74.2 Å². The summed E-state index contributed by atoms with van der Waals surface area (Å²) in [5, 5.41) is 63.6. The maximum Gasteiger partial charge on any atom is 0.197 e. The normalized spacial score (nSPS) is 12.4. The zero-order chi connectivity index (χ0) is 37.6. The van der Waals surface area contributed by atoms with E-state index in [9.17, 15) is 21.9 Å². The summed E-state index contributed by atoms with van der Waals surface area (Å²) in [4.78, 5) is -0.0742. The van der Waals surface area contributed by atoms with E-state index in [1.54, 1.807) is 0 Å². The van der Waals surface area contributed by atoms with Gasteiger partial charge in [0.2, 0.25) is 0 Å². The van der Waals surface area contributed by atoms with Crippen molar-refractivity contribution in [3.05, 3.63) is 66.7 Å². The first-order valence-electron chi connectivity index (χ1n) is 13.8. The van der Waals surface area contributed by atoms with Gasteiger partial charge in [0, 0.05) is 10.8 Å². The third-order valence-corrected chi connectivity index (χ3v) is 11.1. The average molecular weight is 824 g/mol. The van der Waals surface area contributed by atoms with Crippen molar-refractivity contribution in [3.8, 4) is 5.75 Å². The number of phenols is 1. The van der Waals surface area contributed by atoms with Crippen molar-refractivity contribution in [3.63, 3.8) is 0 Å². The number of hydrogen-bond donors (Lipinski definition) is 5. The Morgan fingerprint density at radius 2 is 1.23 bits per heavy atom. The zero-order valence-electron chi connectivity index (χ0n) is 25.8. The summed E-state index contributed by atoms with van der Waals surface area (Å²) in [6.07, 6.45) is 0. The summed E-state index contributed by atoms with van der Waals surface area (Å²) >= 11 is 0.933. The maximum atomic E-state index is 12.7. The summed E-state index contributed by atoms with van der Waals surface area (Å²) in [7, 11) is -7.60. The van der Waals surface area contributed by atoms with E-state index in [2.05, 4.69) is 48.6 Å². The van der Waals surface area contributed by atoms with Gasteiger partial charge in [-0.05, 0) is 60.7 Å². The zero-order valence-corrected chi connectivity index (χ0v) is 29.9. The van der Waals surface area contributed by atoms with Crippen molar-refractivity contribution in [1.29, 1.82) is 0 Å². The third-order valence-electron chi connectivity index (χ3n) is 6.38. The van der Waals surface area contributed by atoms with E-state index >= 15 is 0 Å². The molecule has 0 amide bonds. The van der Waals surface area contributed by atoms with Crippen LogP contribution in [0.5, 0.6) is 5.75 Å². The van der Waals surface area contributed by atoms with E-state index in [0.717, 1.165) is 0 Å². The van der Waals surface area contributed by atoms with Crippen molar-refractivity contribution in [2.75, 3.05) is 30.5 Å². The Balaban J connectivity index is 1.60. The lowest BCUT2D eigenvalue weighted by Crippen LogP contribution is -2.11. The number of fused-ring (bicyclic) bond motifs is 1. The van der Waals surface area contributed by atoms with Crippen LogP contribution in [-0.4, -0.2) is 62.4 Å². The molecule has 0 aliphatic rings. The highest BCUT2D eigenvalue weighted by atomic mass is 32.2. The van der Waals surface area contributed by atoms with Gasteiger partial charge in [0.15, 0.2) is 50.1 Å². The SMILES string of the molecule is Nc1ccc2c(O)c(/N=N/c3ccc(S(=O)(=O)CCOSOOO)cc3)c(SOOO)cc2c1/N=N/c1cccc(S(=O)(=O)CCOSOOO)c1. The van der Waals surface area contributed by atoms with Crippen LogP contribution in [0.25, 0.3) is 10.8 Å². The fourth-order valence-electron chi connectivity index (χ4n) is 4.07. The number of aromatic hydroxyl groups is 1. The Kier molecular flexibility index (Phi) is 15.9. The van der Waals surface area contributed by atoms with Gasteiger partial charge in [-0.2, -0.15) is 10.2 Å². The molecule has 52 heavy (non-hydrogen) atoms. The first-order valence-corrected chi connectivity index (χ1v) is 19.1. The van der Waals surface area contributed by atoms with Crippen LogP contribution >= 0.6 is 36.7 Å². The highest BCUT2D eigenvalue weighted by Gasteiger charge is 2.20. The Hall–Kier alpha value is -3.55. The minimum Gasteiger partial charge on any atom is -0.505 e. The number of nitrogens with two attached hydrogens (primary N) is 1. The van der Waals surface area contributed by atoms with E-state index in [0.29, 0.717) is 12.0 Å². The molecule has 0 aliphatic heterocycles. The molecular formula is C26H25N5O16S5. The van der Waals surface area contributed by atoms with Gasteiger partial charge in [0.1, 0.15) is 11.4 Å². The molecule has 4 aromatic rings. The fraction of sp³-hybridized carbons (Fsp3) is 0.154. The van der Waals surface area contributed by atoms with Crippen LogP contribution in [-0.2, 0) is 56.2 Å². The molecule has 6 N–H and O–H groups in total. The van der Waals surface area contributed by atoms with Crippen LogP contribution in [0.15, 0.2) is 102 Å². The molecule has 0 radical (unpaired) electrons. The molecule has 0 aliphatic carbocycles. The maximum absolute atomic E-state index is 12.7. The second-order valence-corrected chi connectivity index (χ2v) is 15.5. The number of phenolic OH excluding ortho intramolecular Hbond substituents is 1. The molecule has 4 aromatic carbocycles. The summed E-state index contributed by atoms with van der Waals surface area (Å²) in [6.45, 7) is -0.568. The van der Waals surface area contributed by atoms with Crippen LogP contribution < -0.4 is 5.73 Å². The van der Waals surface area contributed by atoms with E-state index in [-0.39, 0.29) is 91.8 Å². The minimum absolute atomic E-state index is 0.0455. The first kappa shape index (κ1) is 41.2. The molecule has 0 saturated carbocycles. The molecular weight excluding hydrogens is 799 g/mol. The number of anilines is 1. The minimum atomic E-state index is -3.83. The van der Waals surface area contributed by atoms with E-state index in [1.165, 1.54) is 66.7 Å². The second kappa shape index (κ2) is 20.1. The van der Waals surface area contributed by atoms with Gasteiger partial charge in [-0.25, -0.2) is 32.6 Å². The number of hydrogen-bond acceptors (Lipinski definition) is 24. The molecule has 0 bridgehead atoms. The fourth-order valence-corrected chi connectivity index (χ4v) is 7.42. The molecule has 0 aromatic heterocycles. The van der Waals surface area contributed by atoms with Gasteiger partial charge in [0.25, 0.3) is 0 Å². The van der Waals surface area contributed by atoms with Crippen molar-refractivity contribution in [2.24, 2.45) is 20.5 Å². The number of sulfone groups is 2. The Morgan fingerprint density at radius 1 is 0.635 bits per heavy atom. The van der Waals surface area contributed by atoms with Crippen LogP contribution in [0.3, 0.4) is 0 Å². The monoisotopic (exact) mass is 823 g/mol. The predicted octanol–water partition coefficient (Wildman–Crippen LogP) is 6.94. The topological polar surface area (TPSA) is 298 Å². The molecule has 0 spiro atoms. The van der Waals surface area contributed by atoms with Gasteiger partial charge in [0.05, 0.1) is 68.5 Å². The van der Waals surface area contributed by atoms with Crippen LogP contribution in [0.2, 0.25) is 0 Å². The van der Waals surface area contributed by atoms with Crippen LogP contribution in [0, 0.1) is 0 Å². The molecule has 0 fully saturated rings. The van der Waals surface area contributed by atoms with Crippen LogP contribution in [0.4, 0.5) is 28.4 Å². The number of benzene rings is 4. The van der Waals surface area contributed by atoms with E-state index in [1.807, 2.05) is 0 Å². The molecule has 0 heterocycles. The number of nitrogen functional groups attached to an aromatic ring is 1. The predicted molar refractivity (Wildman–Crippen MR) is 183 cm³/mol. The number of azo groups is 2. The second-order valence-electron chi connectivity index (χ2n) is 9.49. The molecule has 0 saturated heterocycles. The van der Waals surface area contributed by atoms with Crippen molar-refractivity contribution in [2.45, 2.75) is 14.7 Å². The summed E-state index contributed by atoms with van der Waals surface area (Å²) in [5.41, 5.74) is 6.60. The summed E-state index contributed by atoms with van der Waals surface area (Å²) in [5.74, 6) is -1.27. The lowest BCUT2D eigenvalue weighted by atomic mass is 10.1. The molecule has 4 rings (SSSR count). The average Bonchev–Trinajstić information content (AvgIpc) is 3.13. The highest BCUT2D eigenvalue weighted by Crippen LogP contribution is 2.47. The molecule has 0 atom stereocenters. The van der Waals surface area contributed by atoms with Gasteiger partial charge in [-0.3, -0.25) is 8.37 Å². The smallest absolute Gasteiger partial charge is 0.197 e. The highest BCUT2D eigenvalue weighted by molar-refractivity contribution is 7.94. The van der Waals surface area contributed by atoms with Crippen molar-refractivity contribution in [1.82, 2.24) is 0 Å². The quantitative estimate of drug-likeness (QED) is 0.0142. The van der Waals surface area contributed by atoms with E-state index < -0.39 is 36.9 Å². The largest absolute Gasteiger partial charge is 0.505 e. The third kappa shape index (κ3) is 11.5. The molecule has 0 unspecified atom stereocenters. The van der Waals surface area contributed by atoms with Gasteiger partial charge in [-0.1, -0.05) is 21.2 Å². The summed E-state index contributed by atoms with van der Waals surface area (Å²) < 4.78 is 72.8. The molecule has 21 nitrogen and oxygen atoms in total. The number of rotatable bonds is 21.